The quantitative estimate of drug-likeness (QED) is 0.0541. The standard InChI is InChI=1S/C45H77NO2/c1-5-7-9-11-13-15-17-19-21-23-25-27-29-31-33-35-37-47-44-39-43(42-46(3)4)40-45(41-44)48-38-36-34-32-30-28-26-24-22-20-18-16-14-12-10-8-6-2/h13-16,19-22,39-41H,5-12,17-18,23-38,42H2,1-4H3. The van der Waals surface area contributed by atoms with Crippen LogP contribution in [-0.2, 0) is 6.54 Å². The van der Waals surface area contributed by atoms with Gasteiger partial charge in [-0.3, -0.25) is 0 Å². The number of allylic oxidation sites excluding steroid dienone is 8. The van der Waals surface area contributed by atoms with Crippen molar-refractivity contribution in [3.63, 3.8) is 0 Å². The molecule has 0 amide bonds. The smallest absolute Gasteiger partial charge is 0.123 e. The summed E-state index contributed by atoms with van der Waals surface area (Å²) in [6.45, 7) is 6.99. The zero-order chi connectivity index (χ0) is 34.6. The van der Waals surface area contributed by atoms with Crippen LogP contribution in [0, 0.1) is 0 Å². The fraction of sp³-hybridized carbons (Fsp3) is 0.689. The van der Waals surface area contributed by atoms with E-state index in [0.717, 1.165) is 56.9 Å². The Balaban J connectivity index is 2.13. The van der Waals surface area contributed by atoms with Gasteiger partial charge in [0.05, 0.1) is 13.2 Å². The van der Waals surface area contributed by atoms with Crippen molar-refractivity contribution >= 4 is 0 Å². The summed E-state index contributed by atoms with van der Waals surface area (Å²) < 4.78 is 12.4. The van der Waals surface area contributed by atoms with E-state index in [2.05, 4.69) is 99.6 Å². The van der Waals surface area contributed by atoms with Crippen LogP contribution < -0.4 is 9.47 Å². The number of benzene rings is 1. The Bertz CT molecular complexity index is 876. The van der Waals surface area contributed by atoms with Crippen LogP contribution in [0.25, 0.3) is 0 Å². The van der Waals surface area contributed by atoms with E-state index >= 15 is 0 Å². The molecule has 1 aromatic carbocycles. The zero-order valence-electron chi connectivity index (χ0n) is 32.2. The first-order valence-electron chi connectivity index (χ1n) is 20.3. The average Bonchev–Trinajstić information content (AvgIpc) is 3.07. The van der Waals surface area contributed by atoms with Gasteiger partial charge in [-0.1, -0.05) is 140 Å². The maximum Gasteiger partial charge on any atom is 0.123 e. The summed E-state index contributed by atoms with van der Waals surface area (Å²) in [5.41, 5.74) is 1.25. The van der Waals surface area contributed by atoms with Gasteiger partial charge in [0, 0.05) is 12.6 Å². The van der Waals surface area contributed by atoms with Crippen molar-refractivity contribution in [3.8, 4) is 11.5 Å². The van der Waals surface area contributed by atoms with Gasteiger partial charge in [0.1, 0.15) is 11.5 Å². The molecule has 0 bridgehead atoms. The van der Waals surface area contributed by atoms with Gasteiger partial charge in [-0.05, 0) is 109 Å². The Kier molecular flexibility index (Phi) is 31.5. The van der Waals surface area contributed by atoms with E-state index in [1.807, 2.05) is 0 Å². The summed E-state index contributed by atoms with van der Waals surface area (Å²) in [4.78, 5) is 2.20. The highest BCUT2D eigenvalue weighted by Gasteiger charge is 2.05. The summed E-state index contributed by atoms with van der Waals surface area (Å²) >= 11 is 0. The zero-order valence-corrected chi connectivity index (χ0v) is 32.2. The summed E-state index contributed by atoms with van der Waals surface area (Å²) in [6, 6.07) is 6.46. The largest absolute Gasteiger partial charge is 0.493 e. The highest BCUT2D eigenvalue weighted by atomic mass is 16.5. The number of hydrogen-bond acceptors (Lipinski definition) is 3. The normalized spacial score (nSPS) is 12.2. The Labute approximate surface area is 299 Å². The first-order chi connectivity index (χ1) is 23.7. The highest BCUT2D eigenvalue weighted by Crippen LogP contribution is 2.25. The van der Waals surface area contributed by atoms with Gasteiger partial charge in [0.15, 0.2) is 0 Å². The molecule has 0 radical (unpaired) electrons. The number of ether oxygens (including phenoxy) is 2. The Morgan fingerprint density at radius 1 is 0.438 bits per heavy atom. The predicted molar refractivity (Wildman–Crippen MR) is 214 cm³/mol. The molecular formula is C45H77NO2. The van der Waals surface area contributed by atoms with Crippen LogP contribution in [0.5, 0.6) is 11.5 Å². The third-order valence-electron chi connectivity index (χ3n) is 8.67. The van der Waals surface area contributed by atoms with E-state index < -0.39 is 0 Å². The van der Waals surface area contributed by atoms with Crippen molar-refractivity contribution in [1.29, 1.82) is 0 Å². The lowest BCUT2D eigenvalue weighted by molar-refractivity contribution is 0.288. The van der Waals surface area contributed by atoms with Crippen LogP contribution >= 0.6 is 0 Å². The molecule has 0 heterocycles. The molecule has 0 aromatic heterocycles. The van der Waals surface area contributed by atoms with Crippen LogP contribution in [0.2, 0.25) is 0 Å². The molecule has 0 aliphatic heterocycles. The lowest BCUT2D eigenvalue weighted by Gasteiger charge is -2.15. The maximum absolute atomic E-state index is 6.20. The van der Waals surface area contributed by atoms with Crippen molar-refractivity contribution in [3.05, 3.63) is 72.4 Å². The second-order valence-electron chi connectivity index (χ2n) is 13.9. The van der Waals surface area contributed by atoms with Crippen LogP contribution in [0.1, 0.15) is 174 Å². The molecule has 0 aliphatic carbocycles. The first-order valence-corrected chi connectivity index (χ1v) is 20.3. The molecule has 1 aromatic rings. The van der Waals surface area contributed by atoms with E-state index in [4.69, 9.17) is 9.47 Å². The van der Waals surface area contributed by atoms with Gasteiger partial charge in [-0.25, -0.2) is 0 Å². The molecule has 0 saturated heterocycles. The van der Waals surface area contributed by atoms with Crippen LogP contribution in [0.15, 0.2) is 66.8 Å². The Morgan fingerprint density at radius 2 is 0.792 bits per heavy atom. The first kappa shape index (κ1) is 43.8. The van der Waals surface area contributed by atoms with Gasteiger partial charge < -0.3 is 14.4 Å². The third kappa shape index (κ3) is 29.8. The van der Waals surface area contributed by atoms with Crippen molar-refractivity contribution in [1.82, 2.24) is 4.90 Å². The lowest BCUT2D eigenvalue weighted by Crippen LogP contribution is -2.11. The molecule has 0 aliphatic rings. The molecular weight excluding hydrogens is 587 g/mol. The van der Waals surface area contributed by atoms with E-state index in [9.17, 15) is 0 Å². The predicted octanol–water partition coefficient (Wildman–Crippen LogP) is 14.1. The Morgan fingerprint density at radius 3 is 1.17 bits per heavy atom. The lowest BCUT2D eigenvalue weighted by atomic mass is 10.1. The second-order valence-corrected chi connectivity index (χ2v) is 13.9. The van der Waals surface area contributed by atoms with Gasteiger partial charge in [-0.15, -0.1) is 0 Å². The highest BCUT2D eigenvalue weighted by molar-refractivity contribution is 5.38. The summed E-state index contributed by atoms with van der Waals surface area (Å²) in [7, 11) is 4.23. The molecule has 0 atom stereocenters. The van der Waals surface area contributed by atoms with Gasteiger partial charge in [0.25, 0.3) is 0 Å². The molecule has 3 nitrogen and oxygen atoms in total. The van der Waals surface area contributed by atoms with Gasteiger partial charge in [-0.2, -0.15) is 0 Å². The summed E-state index contributed by atoms with van der Waals surface area (Å²) in [6.07, 6.45) is 49.1. The van der Waals surface area contributed by atoms with Crippen molar-refractivity contribution in [2.24, 2.45) is 0 Å². The number of nitrogens with zero attached hydrogens (tertiary/aromatic N) is 1. The van der Waals surface area contributed by atoms with Crippen molar-refractivity contribution < 1.29 is 9.47 Å². The van der Waals surface area contributed by atoms with Crippen LogP contribution in [-0.4, -0.2) is 32.2 Å². The molecule has 0 unspecified atom stereocenters. The number of unbranched alkanes of at least 4 members (excludes halogenated alkanes) is 18. The molecule has 3 heteroatoms. The van der Waals surface area contributed by atoms with E-state index in [0.29, 0.717) is 0 Å². The fourth-order valence-electron chi connectivity index (χ4n) is 5.81. The molecule has 1 rings (SSSR count). The monoisotopic (exact) mass is 664 g/mol. The summed E-state index contributed by atoms with van der Waals surface area (Å²) in [5, 5.41) is 0. The molecule has 0 N–H and O–H groups in total. The minimum atomic E-state index is 0.783. The Hall–Kier alpha value is -2.26. The molecule has 0 spiro atoms. The molecule has 0 saturated carbocycles. The van der Waals surface area contributed by atoms with Gasteiger partial charge >= 0.3 is 0 Å². The fourth-order valence-corrected chi connectivity index (χ4v) is 5.81. The average molecular weight is 664 g/mol. The van der Waals surface area contributed by atoms with Gasteiger partial charge in [0.2, 0.25) is 0 Å². The minimum Gasteiger partial charge on any atom is -0.493 e. The van der Waals surface area contributed by atoms with E-state index in [1.165, 1.54) is 134 Å². The maximum atomic E-state index is 6.20. The van der Waals surface area contributed by atoms with E-state index in [1.54, 1.807) is 0 Å². The summed E-state index contributed by atoms with van der Waals surface area (Å²) in [5.74, 6) is 1.90. The topological polar surface area (TPSA) is 21.7 Å². The molecule has 274 valence electrons. The SMILES string of the molecule is CCCCCC=CCC=CCCCCCCCCOc1cc(CN(C)C)cc(OCCCCCCCCC=CCC=CCCCCC)c1. The number of rotatable bonds is 34. The van der Waals surface area contributed by atoms with Crippen LogP contribution in [0.4, 0.5) is 0 Å². The van der Waals surface area contributed by atoms with Crippen molar-refractivity contribution in [2.45, 2.75) is 174 Å². The van der Waals surface area contributed by atoms with Crippen LogP contribution in [0.3, 0.4) is 0 Å². The van der Waals surface area contributed by atoms with Crippen molar-refractivity contribution in [2.75, 3.05) is 27.3 Å². The minimum absolute atomic E-state index is 0.783. The molecule has 48 heavy (non-hydrogen) atoms. The molecule has 0 fully saturated rings. The second kappa shape index (κ2) is 34.6. The third-order valence-corrected chi connectivity index (χ3v) is 8.67. The number of hydrogen-bond donors (Lipinski definition) is 0. The van der Waals surface area contributed by atoms with E-state index in [-0.39, 0.29) is 0 Å².